The van der Waals surface area contributed by atoms with Crippen molar-refractivity contribution in [3.05, 3.63) is 65.2 Å². The topological polar surface area (TPSA) is 67.1 Å². The maximum atomic E-state index is 12.7. The quantitative estimate of drug-likeness (QED) is 0.724. The summed E-state index contributed by atoms with van der Waals surface area (Å²) in [5.74, 6) is 0.0980. The number of nitrogens with zero attached hydrogens (tertiary/aromatic N) is 5. The standard InChI is InChI=1S/C20H20F3N5O/c1-27(12-13-6-8-24-9-7-13)15-3-4-17-16(10-15)19(29)28(26-17)18-5-2-14(11-25-18)20(21,22)23/h2,5-9,11,15,29H,3-4,10,12H2,1H3. The van der Waals surface area contributed by atoms with Gasteiger partial charge >= 0.3 is 6.18 Å². The molecule has 0 saturated heterocycles. The Morgan fingerprint density at radius 1 is 1.21 bits per heavy atom. The van der Waals surface area contributed by atoms with E-state index in [0.717, 1.165) is 42.0 Å². The predicted molar refractivity (Wildman–Crippen MR) is 99.5 cm³/mol. The van der Waals surface area contributed by atoms with Crippen molar-refractivity contribution in [1.29, 1.82) is 0 Å². The Hall–Kier alpha value is -2.94. The summed E-state index contributed by atoms with van der Waals surface area (Å²) in [7, 11) is 2.04. The Bertz CT molecular complexity index is 986. The summed E-state index contributed by atoms with van der Waals surface area (Å²) in [6, 6.07) is 6.31. The summed E-state index contributed by atoms with van der Waals surface area (Å²) < 4.78 is 39.4. The van der Waals surface area contributed by atoms with Gasteiger partial charge in [0.15, 0.2) is 5.82 Å². The second-order valence-electron chi connectivity index (χ2n) is 7.23. The Balaban J connectivity index is 1.53. The second-order valence-corrected chi connectivity index (χ2v) is 7.23. The molecule has 3 aromatic heterocycles. The molecule has 1 aliphatic rings. The molecule has 1 unspecified atom stereocenters. The molecule has 0 aromatic carbocycles. The third kappa shape index (κ3) is 3.95. The molecule has 152 valence electrons. The molecule has 3 aromatic rings. The average molecular weight is 403 g/mol. The third-order valence-corrected chi connectivity index (χ3v) is 5.29. The van der Waals surface area contributed by atoms with Gasteiger partial charge in [-0.3, -0.25) is 9.88 Å². The minimum absolute atomic E-state index is 0.0609. The van der Waals surface area contributed by atoms with E-state index in [1.165, 1.54) is 10.7 Å². The van der Waals surface area contributed by atoms with Gasteiger partial charge in [0.05, 0.1) is 11.3 Å². The molecule has 0 aliphatic heterocycles. The largest absolute Gasteiger partial charge is 0.493 e. The van der Waals surface area contributed by atoms with Gasteiger partial charge < -0.3 is 5.11 Å². The average Bonchev–Trinajstić information content (AvgIpc) is 3.04. The zero-order valence-electron chi connectivity index (χ0n) is 15.8. The second kappa shape index (κ2) is 7.47. The number of hydrogen-bond acceptors (Lipinski definition) is 5. The van der Waals surface area contributed by atoms with Crippen molar-refractivity contribution in [3.8, 4) is 11.7 Å². The molecule has 6 nitrogen and oxygen atoms in total. The van der Waals surface area contributed by atoms with Gasteiger partial charge in [0.1, 0.15) is 0 Å². The zero-order chi connectivity index (χ0) is 20.6. The van der Waals surface area contributed by atoms with Crippen LogP contribution < -0.4 is 0 Å². The van der Waals surface area contributed by atoms with Crippen LogP contribution in [-0.4, -0.2) is 42.8 Å². The lowest BCUT2D eigenvalue weighted by Crippen LogP contribution is -2.35. The Morgan fingerprint density at radius 3 is 2.62 bits per heavy atom. The Labute approximate surface area is 165 Å². The van der Waals surface area contributed by atoms with Crippen molar-refractivity contribution < 1.29 is 18.3 Å². The van der Waals surface area contributed by atoms with Crippen LogP contribution in [0, 0.1) is 0 Å². The lowest BCUT2D eigenvalue weighted by atomic mass is 9.92. The van der Waals surface area contributed by atoms with Gasteiger partial charge in [-0.1, -0.05) is 0 Å². The summed E-state index contributed by atoms with van der Waals surface area (Å²) in [6.07, 6.45) is 1.99. The van der Waals surface area contributed by atoms with E-state index >= 15 is 0 Å². The van der Waals surface area contributed by atoms with Crippen LogP contribution in [0.4, 0.5) is 13.2 Å². The first-order chi connectivity index (χ1) is 13.8. The van der Waals surface area contributed by atoms with E-state index in [4.69, 9.17) is 0 Å². The first-order valence-corrected chi connectivity index (χ1v) is 9.25. The number of halogens is 3. The molecular formula is C20H20F3N5O. The van der Waals surface area contributed by atoms with Gasteiger partial charge in [0.2, 0.25) is 5.88 Å². The van der Waals surface area contributed by atoms with Crippen LogP contribution in [0.5, 0.6) is 5.88 Å². The number of hydrogen-bond donors (Lipinski definition) is 1. The van der Waals surface area contributed by atoms with Crippen LogP contribution in [0.3, 0.4) is 0 Å². The summed E-state index contributed by atoms with van der Waals surface area (Å²) in [4.78, 5) is 10.1. The molecule has 0 fully saturated rings. The van der Waals surface area contributed by atoms with Gasteiger partial charge in [0, 0.05) is 36.7 Å². The van der Waals surface area contributed by atoms with Gasteiger partial charge in [-0.2, -0.15) is 23.0 Å². The van der Waals surface area contributed by atoms with Crippen LogP contribution in [0.1, 0.15) is 28.8 Å². The minimum Gasteiger partial charge on any atom is -0.493 e. The number of aryl methyl sites for hydroxylation is 1. The molecule has 29 heavy (non-hydrogen) atoms. The van der Waals surface area contributed by atoms with Gasteiger partial charge in [-0.15, -0.1) is 0 Å². The smallest absolute Gasteiger partial charge is 0.417 e. The number of aromatic hydroxyl groups is 1. The SMILES string of the molecule is CN(Cc1ccncc1)C1CCc2nn(-c3ccc(C(F)(F)F)cn3)c(O)c2C1. The maximum absolute atomic E-state index is 12.7. The van der Waals surface area contributed by atoms with Crippen molar-refractivity contribution in [3.63, 3.8) is 0 Å². The molecule has 3 heterocycles. The van der Waals surface area contributed by atoms with Crippen molar-refractivity contribution in [1.82, 2.24) is 24.6 Å². The van der Waals surface area contributed by atoms with E-state index < -0.39 is 11.7 Å². The first kappa shape index (κ1) is 19.4. The number of rotatable bonds is 4. The van der Waals surface area contributed by atoms with E-state index in [9.17, 15) is 18.3 Å². The number of alkyl halides is 3. The molecule has 0 amide bonds. The number of fused-ring (bicyclic) bond motifs is 1. The van der Waals surface area contributed by atoms with Crippen LogP contribution in [0.15, 0.2) is 42.9 Å². The first-order valence-electron chi connectivity index (χ1n) is 9.25. The van der Waals surface area contributed by atoms with Crippen molar-refractivity contribution in [2.24, 2.45) is 0 Å². The highest BCUT2D eigenvalue weighted by atomic mass is 19.4. The van der Waals surface area contributed by atoms with Crippen molar-refractivity contribution in [2.75, 3.05) is 7.05 Å². The van der Waals surface area contributed by atoms with Gasteiger partial charge in [0.25, 0.3) is 0 Å². The number of aromatic nitrogens is 4. The van der Waals surface area contributed by atoms with Crippen LogP contribution in [0.25, 0.3) is 5.82 Å². The molecule has 0 bridgehead atoms. The van der Waals surface area contributed by atoms with E-state index in [1.807, 2.05) is 19.2 Å². The zero-order valence-corrected chi connectivity index (χ0v) is 15.8. The third-order valence-electron chi connectivity index (χ3n) is 5.29. The van der Waals surface area contributed by atoms with Crippen LogP contribution in [0.2, 0.25) is 0 Å². The van der Waals surface area contributed by atoms with Crippen LogP contribution in [-0.2, 0) is 25.6 Å². The minimum atomic E-state index is -4.45. The maximum Gasteiger partial charge on any atom is 0.417 e. The predicted octanol–water partition coefficient (Wildman–Crippen LogP) is 3.38. The number of pyridine rings is 2. The van der Waals surface area contributed by atoms with E-state index in [2.05, 4.69) is 20.0 Å². The lowest BCUT2D eigenvalue weighted by molar-refractivity contribution is -0.137. The normalized spacial score (nSPS) is 16.8. The van der Waals surface area contributed by atoms with Crippen LogP contribution >= 0.6 is 0 Å². The molecular weight excluding hydrogens is 383 g/mol. The fourth-order valence-electron chi connectivity index (χ4n) is 3.66. The molecule has 1 N–H and O–H groups in total. The highest BCUT2D eigenvalue weighted by Crippen LogP contribution is 2.33. The lowest BCUT2D eigenvalue weighted by Gasteiger charge is -2.30. The van der Waals surface area contributed by atoms with Gasteiger partial charge in [-0.25, -0.2) is 4.98 Å². The highest BCUT2D eigenvalue weighted by molar-refractivity contribution is 5.40. The fraction of sp³-hybridized carbons (Fsp3) is 0.350. The van der Waals surface area contributed by atoms with E-state index in [1.54, 1.807) is 12.4 Å². The monoisotopic (exact) mass is 403 g/mol. The molecule has 1 aliphatic carbocycles. The Morgan fingerprint density at radius 2 is 1.97 bits per heavy atom. The number of likely N-dealkylation sites (N-methyl/N-ethyl adjacent to an activating group) is 1. The fourth-order valence-corrected chi connectivity index (χ4v) is 3.66. The van der Waals surface area contributed by atoms with Gasteiger partial charge in [-0.05, 0) is 56.1 Å². The molecule has 1 atom stereocenters. The van der Waals surface area contributed by atoms with E-state index in [-0.39, 0.29) is 17.7 Å². The molecule has 4 rings (SSSR count). The van der Waals surface area contributed by atoms with Crippen molar-refractivity contribution in [2.45, 2.75) is 38.0 Å². The summed E-state index contributed by atoms with van der Waals surface area (Å²) in [6.45, 7) is 0.762. The molecule has 0 saturated carbocycles. The van der Waals surface area contributed by atoms with E-state index in [0.29, 0.717) is 12.8 Å². The molecule has 9 heteroatoms. The molecule has 0 radical (unpaired) electrons. The summed E-state index contributed by atoms with van der Waals surface area (Å²) in [5.41, 5.74) is 1.81. The summed E-state index contributed by atoms with van der Waals surface area (Å²) >= 11 is 0. The highest BCUT2D eigenvalue weighted by Gasteiger charge is 2.32. The Kier molecular flexibility index (Phi) is 4.99. The van der Waals surface area contributed by atoms with Crippen molar-refractivity contribution >= 4 is 0 Å². The summed E-state index contributed by atoms with van der Waals surface area (Å²) in [5, 5.41) is 15.0. The molecule has 0 spiro atoms.